The normalized spacial score (nSPS) is 11.1. The van der Waals surface area contributed by atoms with Crippen LogP contribution in [0.1, 0.15) is 82.7 Å². The number of rotatable bonds is 15. The van der Waals surface area contributed by atoms with Gasteiger partial charge in [-0.1, -0.05) is 64.7 Å². The van der Waals surface area contributed by atoms with Crippen molar-refractivity contribution in [2.45, 2.75) is 90.5 Å². The molecule has 0 bridgehead atoms. The molecule has 0 amide bonds. The molecule has 24 heavy (non-hydrogen) atoms. The van der Waals surface area contributed by atoms with Crippen LogP contribution in [-0.2, 0) is 24.2 Å². The Hall–Kier alpha value is -1.36. The number of nitrogens with zero attached hydrogens (tertiary/aromatic N) is 1. The van der Waals surface area contributed by atoms with Gasteiger partial charge in [0.25, 0.3) is 5.82 Å². The van der Waals surface area contributed by atoms with E-state index < -0.39 is 5.97 Å². The lowest BCUT2D eigenvalue weighted by Gasteiger charge is -2.03. The molecule has 0 aliphatic carbocycles. The molecule has 0 fully saturated rings. The van der Waals surface area contributed by atoms with Crippen molar-refractivity contribution in [2.24, 2.45) is 0 Å². The highest BCUT2D eigenvalue weighted by Gasteiger charge is 2.19. The molecule has 5 nitrogen and oxygen atoms in total. The molecule has 0 saturated carbocycles. The molecule has 0 aliphatic heterocycles. The van der Waals surface area contributed by atoms with Gasteiger partial charge < -0.3 is 10.2 Å². The number of nitrogens with one attached hydrogen (secondary N) is 1. The quantitative estimate of drug-likeness (QED) is 0.339. The molecule has 0 aromatic carbocycles. The van der Waals surface area contributed by atoms with Crippen LogP contribution in [-0.4, -0.2) is 27.8 Å². The number of carboxylic acids is 1. The van der Waals surface area contributed by atoms with Crippen LogP contribution < -0.4 is 4.57 Å². The summed E-state index contributed by atoms with van der Waals surface area (Å²) in [7, 11) is 0. The maximum atomic E-state index is 11.0. The van der Waals surface area contributed by atoms with Crippen molar-refractivity contribution in [3.63, 3.8) is 0 Å². The second kappa shape index (κ2) is 13.0. The Morgan fingerprint density at radius 2 is 1.58 bits per heavy atom. The van der Waals surface area contributed by atoms with E-state index in [2.05, 4.69) is 11.9 Å². The van der Waals surface area contributed by atoms with E-state index >= 15 is 0 Å². The van der Waals surface area contributed by atoms with Crippen molar-refractivity contribution in [1.82, 2.24) is 4.98 Å². The van der Waals surface area contributed by atoms with Gasteiger partial charge in [0.05, 0.1) is 13.0 Å². The predicted molar refractivity (Wildman–Crippen MR) is 95.0 cm³/mol. The van der Waals surface area contributed by atoms with Crippen molar-refractivity contribution in [2.75, 3.05) is 6.61 Å². The SMILES string of the molecule is CCCCCCCCCCCCc1c[nH]c(CCO)[n+]1CC(=O)O. The molecule has 5 heteroatoms. The van der Waals surface area contributed by atoms with E-state index in [0.29, 0.717) is 6.42 Å². The van der Waals surface area contributed by atoms with E-state index in [1.807, 2.05) is 6.20 Å². The topological polar surface area (TPSA) is 77.2 Å². The average Bonchev–Trinajstić information content (AvgIpc) is 2.91. The second-order valence-corrected chi connectivity index (χ2v) is 6.61. The van der Waals surface area contributed by atoms with Crippen LogP contribution in [0.4, 0.5) is 0 Å². The zero-order valence-electron chi connectivity index (χ0n) is 15.2. The minimum Gasteiger partial charge on any atom is -0.478 e. The van der Waals surface area contributed by atoms with Gasteiger partial charge in [0, 0.05) is 6.42 Å². The molecule has 0 unspecified atom stereocenters. The lowest BCUT2D eigenvalue weighted by Crippen LogP contribution is -2.44. The van der Waals surface area contributed by atoms with Gasteiger partial charge in [-0.15, -0.1) is 0 Å². The van der Waals surface area contributed by atoms with Gasteiger partial charge in [-0.3, -0.25) is 0 Å². The summed E-state index contributed by atoms with van der Waals surface area (Å²) in [5, 5.41) is 18.1. The lowest BCUT2D eigenvalue weighted by atomic mass is 10.1. The standard InChI is InChI=1S/C19H34N2O3/c1-2-3-4-5-6-7-8-9-10-11-12-17-15-20-18(13-14-22)21(17)16-19(23)24/h15,22H,2-14,16H2,1H3,(H,23,24)/p+1. The number of aromatic amines is 1. The summed E-state index contributed by atoms with van der Waals surface area (Å²) in [4.78, 5) is 14.1. The van der Waals surface area contributed by atoms with Crippen LogP contribution in [0.5, 0.6) is 0 Å². The molecule has 0 spiro atoms. The summed E-state index contributed by atoms with van der Waals surface area (Å²) in [6, 6.07) is 0. The largest absolute Gasteiger partial charge is 0.478 e. The third kappa shape index (κ3) is 8.48. The summed E-state index contributed by atoms with van der Waals surface area (Å²) < 4.78 is 1.80. The molecule has 3 N–H and O–H groups in total. The fraction of sp³-hybridized carbons (Fsp3) is 0.789. The van der Waals surface area contributed by atoms with Gasteiger partial charge in [0.1, 0.15) is 11.9 Å². The van der Waals surface area contributed by atoms with Gasteiger partial charge >= 0.3 is 5.97 Å². The molecule has 1 heterocycles. The minimum absolute atomic E-state index is 0.0256. The Morgan fingerprint density at radius 3 is 2.12 bits per heavy atom. The summed E-state index contributed by atoms with van der Waals surface area (Å²) >= 11 is 0. The number of carbonyl (C=O) groups is 1. The van der Waals surface area contributed by atoms with Crippen molar-refractivity contribution >= 4 is 5.97 Å². The number of carboxylic acid groups (broad SMARTS) is 1. The fourth-order valence-corrected chi connectivity index (χ4v) is 3.14. The Labute approximate surface area is 146 Å². The van der Waals surface area contributed by atoms with Gasteiger partial charge in [0.15, 0.2) is 6.54 Å². The van der Waals surface area contributed by atoms with E-state index in [-0.39, 0.29) is 13.2 Å². The zero-order chi connectivity index (χ0) is 17.6. The maximum absolute atomic E-state index is 11.0. The molecule has 1 aromatic rings. The van der Waals surface area contributed by atoms with Crippen LogP contribution >= 0.6 is 0 Å². The highest BCUT2D eigenvalue weighted by Crippen LogP contribution is 2.11. The van der Waals surface area contributed by atoms with Gasteiger partial charge in [-0.2, -0.15) is 0 Å². The Morgan fingerprint density at radius 1 is 1.00 bits per heavy atom. The van der Waals surface area contributed by atoms with Crippen molar-refractivity contribution in [3.05, 3.63) is 17.7 Å². The van der Waals surface area contributed by atoms with Gasteiger partial charge in [-0.25, -0.2) is 14.3 Å². The number of aromatic nitrogens is 2. The number of hydrogen-bond acceptors (Lipinski definition) is 2. The van der Waals surface area contributed by atoms with Gasteiger partial charge in [0.2, 0.25) is 0 Å². The molecular formula is C19H35N2O3+. The first-order valence-corrected chi connectivity index (χ1v) is 9.60. The Kier molecular flexibility index (Phi) is 11.2. The van der Waals surface area contributed by atoms with Crippen LogP contribution in [0.2, 0.25) is 0 Å². The third-order valence-electron chi connectivity index (χ3n) is 4.51. The fourth-order valence-electron chi connectivity index (χ4n) is 3.14. The first-order chi connectivity index (χ1) is 11.7. The van der Waals surface area contributed by atoms with Crippen molar-refractivity contribution < 1.29 is 19.6 Å². The van der Waals surface area contributed by atoms with Crippen LogP contribution in [0.3, 0.4) is 0 Å². The minimum atomic E-state index is -0.844. The van der Waals surface area contributed by atoms with Crippen molar-refractivity contribution in [3.8, 4) is 0 Å². The number of aliphatic hydroxyl groups is 1. The monoisotopic (exact) mass is 339 g/mol. The molecule has 0 radical (unpaired) electrons. The Bertz CT molecular complexity index is 457. The highest BCUT2D eigenvalue weighted by molar-refractivity contribution is 5.64. The van der Waals surface area contributed by atoms with E-state index in [1.165, 1.54) is 57.8 Å². The first-order valence-electron chi connectivity index (χ1n) is 9.60. The average molecular weight is 340 g/mol. The van der Waals surface area contributed by atoms with Crippen LogP contribution in [0.25, 0.3) is 0 Å². The molecule has 138 valence electrons. The molecule has 0 atom stereocenters. The predicted octanol–water partition coefficient (Wildman–Crippen LogP) is 3.39. The molecule has 0 aliphatic rings. The lowest BCUT2D eigenvalue weighted by molar-refractivity contribution is -0.699. The number of unbranched alkanes of at least 4 members (excludes halogenated alkanes) is 9. The number of hydrogen-bond donors (Lipinski definition) is 3. The number of imidazole rings is 1. The van der Waals surface area contributed by atoms with E-state index in [9.17, 15) is 4.79 Å². The maximum Gasteiger partial charge on any atom is 0.346 e. The Balaban J connectivity index is 2.21. The van der Waals surface area contributed by atoms with Crippen LogP contribution in [0, 0.1) is 0 Å². The summed E-state index contributed by atoms with van der Waals surface area (Å²) in [6.07, 6.45) is 16.2. The zero-order valence-corrected chi connectivity index (χ0v) is 15.2. The smallest absolute Gasteiger partial charge is 0.346 e. The van der Waals surface area contributed by atoms with E-state index in [0.717, 1.165) is 24.4 Å². The summed E-state index contributed by atoms with van der Waals surface area (Å²) in [5.74, 6) is -0.0508. The van der Waals surface area contributed by atoms with Crippen molar-refractivity contribution in [1.29, 1.82) is 0 Å². The number of aliphatic hydroxyl groups excluding tert-OH is 1. The third-order valence-corrected chi connectivity index (χ3v) is 4.51. The number of H-pyrrole nitrogens is 1. The van der Waals surface area contributed by atoms with Crippen LogP contribution in [0.15, 0.2) is 6.20 Å². The number of aryl methyl sites for hydroxylation is 1. The number of aliphatic carboxylic acids is 1. The molecular weight excluding hydrogens is 304 g/mol. The summed E-state index contributed by atoms with van der Waals surface area (Å²) in [5.41, 5.74) is 1.03. The second-order valence-electron chi connectivity index (χ2n) is 6.61. The highest BCUT2D eigenvalue weighted by atomic mass is 16.4. The van der Waals surface area contributed by atoms with E-state index in [4.69, 9.17) is 10.2 Å². The summed E-state index contributed by atoms with van der Waals surface area (Å²) in [6.45, 7) is 2.24. The van der Waals surface area contributed by atoms with Gasteiger partial charge in [-0.05, 0) is 6.42 Å². The molecule has 0 saturated heterocycles. The van der Waals surface area contributed by atoms with E-state index in [1.54, 1.807) is 4.57 Å². The molecule has 1 rings (SSSR count). The first kappa shape index (κ1) is 20.7. The molecule has 1 aromatic heterocycles.